The van der Waals surface area contributed by atoms with E-state index in [9.17, 15) is 27.6 Å². The average Bonchev–Trinajstić information content (AvgIpc) is 2.67. The number of hydrogen-bond acceptors (Lipinski definition) is 3. The van der Waals surface area contributed by atoms with Gasteiger partial charge in [0.05, 0.1) is 17.6 Å². The molecule has 0 saturated heterocycles. The van der Waals surface area contributed by atoms with Crippen LogP contribution in [0.15, 0.2) is 53.3 Å². The Morgan fingerprint density at radius 3 is 1.93 bits per heavy atom. The number of halogens is 3. The van der Waals surface area contributed by atoms with E-state index in [1.54, 1.807) is 58.4 Å². The van der Waals surface area contributed by atoms with Gasteiger partial charge in [0.25, 0.3) is 0 Å². The number of benzene rings is 2. The highest BCUT2D eigenvalue weighted by Gasteiger charge is 2.27. The second kappa shape index (κ2) is 7.71. The maximum absolute atomic E-state index is 12.6. The highest BCUT2D eigenvalue weighted by atomic mass is 19.4. The summed E-state index contributed by atoms with van der Waals surface area (Å²) in [5.41, 5.74) is 0.931. The molecule has 0 aliphatic heterocycles. The number of fused-ring (bicyclic) bond motifs is 2. The third-order valence-electron chi connectivity index (χ3n) is 4.11. The summed E-state index contributed by atoms with van der Waals surface area (Å²) in [4.78, 5) is 36.4. The van der Waals surface area contributed by atoms with Crippen LogP contribution in [0.2, 0.25) is 0 Å². The standard InChI is InChI=1S/C19H16F3N3O3/c20-19(21,22)11-24-16(26)9-23-17(27)10-25-14-7-3-1-5-12(14)18(28)13-6-2-4-8-15(13)25/h1-8H,9-11H2,(H,23,27)(H,24,26). The van der Waals surface area contributed by atoms with E-state index in [-0.39, 0.29) is 12.0 Å². The molecule has 28 heavy (non-hydrogen) atoms. The number of aromatic nitrogens is 1. The minimum Gasteiger partial charge on any atom is -0.345 e. The molecule has 0 aliphatic carbocycles. The number of pyridine rings is 1. The molecule has 2 amide bonds. The van der Waals surface area contributed by atoms with Gasteiger partial charge in [0, 0.05) is 10.8 Å². The first kappa shape index (κ1) is 19.4. The molecule has 1 aromatic heterocycles. The molecule has 0 aliphatic rings. The van der Waals surface area contributed by atoms with Crippen molar-refractivity contribution in [3.8, 4) is 0 Å². The van der Waals surface area contributed by atoms with E-state index < -0.39 is 31.1 Å². The van der Waals surface area contributed by atoms with Gasteiger partial charge in [0.15, 0.2) is 5.43 Å². The molecule has 6 nitrogen and oxygen atoms in total. The van der Waals surface area contributed by atoms with Gasteiger partial charge >= 0.3 is 6.18 Å². The van der Waals surface area contributed by atoms with Crippen molar-refractivity contribution < 1.29 is 22.8 Å². The van der Waals surface area contributed by atoms with Crippen LogP contribution in [0.25, 0.3) is 21.8 Å². The number of carbonyl (C=O) groups excluding carboxylic acids is 2. The van der Waals surface area contributed by atoms with E-state index in [2.05, 4.69) is 5.32 Å². The molecule has 0 saturated carbocycles. The van der Waals surface area contributed by atoms with Gasteiger partial charge in [-0.3, -0.25) is 14.4 Å². The second-order valence-electron chi connectivity index (χ2n) is 6.12. The van der Waals surface area contributed by atoms with E-state index >= 15 is 0 Å². The molecule has 0 atom stereocenters. The molecule has 0 radical (unpaired) electrons. The number of rotatable bonds is 5. The number of alkyl halides is 3. The number of nitrogens with one attached hydrogen (secondary N) is 2. The van der Waals surface area contributed by atoms with Crippen molar-refractivity contribution in [2.75, 3.05) is 13.1 Å². The first-order chi connectivity index (χ1) is 13.3. The minimum absolute atomic E-state index is 0.158. The van der Waals surface area contributed by atoms with Crippen LogP contribution in [0, 0.1) is 0 Å². The van der Waals surface area contributed by atoms with Gasteiger partial charge in [-0.2, -0.15) is 13.2 Å². The van der Waals surface area contributed by atoms with Crippen molar-refractivity contribution in [1.82, 2.24) is 15.2 Å². The molecule has 3 aromatic rings. The molecular weight excluding hydrogens is 375 g/mol. The normalized spacial score (nSPS) is 11.5. The molecule has 1 heterocycles. The predicted octanol–water partition coefficient (Wildman–Crippen LogP) is 1.95. The molecule has 0 unspecified atom stereocenters. The quantitative estimate of drug-likeness (QED) is 0.653. The first-order valence-electron chi connectivity index (χ1n) is 8.37. The van der Waals surface area contributed by atoms with Crippen LogP contribution in [0.4, 0.5) is 13.2 Å². The van der Waals surface area contributed by atoms with Crippen LogP contribution in [-0.2, 0) is 16.1 Å². The third-order valence-corrected chi connectivity index (χ3v) is 4.11. The average molecular weight is 391 g/mol. The van der Waals surface area contributed by atoms with E-state index in [0.29, 0.717) is 21.8 Å². The molecule has 2 aromatic carbocycles. The number of para-hydroxylation sites is 2. The van der Waals surface area contributed by atoms with E-state index in [0.717, 1.165) is 0 Å². The SMILES string of the molecule is O=C(CNC(=O)Cn1c2ccccc2c(=O)c2ccccc21)NCC(F)(F)F. The lowest BCUT2D eigenvalue weighted by Crippen LogP contribution is -2.41. The zero-order valence-corrected chi connectivity index (χ0v) is 14.5. The summed E-state index contributed by atoms with van der Waals surface area (Å²) < 4.78 is 37.9. The maximum Gasteiger partial charge on any atom is 0.405 e. The summed E-state index contributed by atoms with van der Waals surface area (Å²) in [5.74, 6) is -1.51. The summed E-state index contributed by atoms with van der Waals surface area (Å²) >= 11 is 0. The fourth-order valence-corrected chi connectivity index (χ4v) is 2.89. The molecule has 0 spiro atoms. The molecule has 0 bridgehead atoms. The molecule has 0 fully saturated rings. The Hall–Kier alpha value is -3.36. The lowest BCUT2D eigenvalue weighted by molar-refractivity contribution is -0.138. The molecule has 9 heteroatoms. The van der Waals surface area contributed by atoms with Crippen molar-refractivity contribution in [1.29, 1.82) is 0 Å². The van der Waals surface area contributed by atoms with Crippen molar-refractivity contribution in [2.24, 2.45) is 0 Å². The van der Waals surface area contributed by atoms with Crippen LogP contribution in [0.1, 0.15) is 0 Å². The zero-order valence-electron chi connectivity index (χ0n) is 14.5. The van der Waals surface area contributed by atoms with Crippen LogP contribution < -0.4 is 16.1 Å². The Bertz CT molecular complexity index is 1050. The smallest absolute Gasteiger partial charge is 0.345 e. The van der Waals surface area contributed by atoms with Gasteiger partial charge in [-0.15, -0.1) is 0 Å². The third kappa shape index (κ3) is 4.30. The Balaban J connectivity index is 1.82. The van der Waals surface area contributed by atoms with Crippen molar-refractivity contribution in [3.63, 3.8) is 0 Å². The molecule has 146 valence electrons. The van der Waals surface area contributed by atoms with Crippen molar-refractivity contribution in [3.05, 3.63) is 58.8 Å². The van der Waals surface area contributed by atoms with Crippen molar-refractivity contribution >= 4 is 33.6 Å². The van der Waals surface area contributed by atoms with E-state index in [4.69, 9.17) is 0 Å². The molecular formula is C19H16F3N3O3. The number of carbonyl (C=O) groups is 2. The Morgan fingerprint density at radius 1 is 0.857 bits per heavy atom. The number of nitrogens with zero attached hydrogens (tertiary/aromatic N) is 1. The molecule has 2 N–H and O–H groups in total. The van der Waals surface area contributed by atoms with Crippen LogP contribution >= 0.6 is 0 Å². The fraction of sp³-hybridized carbons (Fsp3) is 0.211. The fourth-order valence-electron chi connectivity index (χ4n) is 2.89. The highest BCUT2D eigenvalue weighted by molar-refractivity contribution is 5.95. The van der Waals surface area contributed by atoms with Crippen LogP contribution in [-0.4, -0.2) is 35.6 Å². The maximum atomic E-state index is 12.6. The number of hydrogen-bond donors (Lipinski definition) is 2. The summed E-state index contributed by atoms with van der Waals surface area (Å²) in [6.45, 7) is -2.24. The predicted molar refractivity (Wildman–Crippen MR) is 97.8 cm³/mol. The minimum atomic E-state index is -4.52. The summed E-state index contributed by atoms with van der Waals surface area (Å²) in [7, 11) is 0. The van der Waals surface area contributed by atoms with Crippen LogP contribution in [0.3, 0.4) is 0 Å². The lowest BCUT2D eigenvalue weighted by atomic mass is 10.1. The van der Waals surface area contributed by atoms with Gasteiger partial charge in [-0.25, -0.2) is 0 Å². The van der Waals surface area contributed by atoms with Gasteiger partial charge in [0.2, 0.25) is 11.8 Å². The first-order valence-corrected chi connectivity index (χ1v) is 8.37. The van der Waals surface area contributed by atoms with Gasteiger partial charge < -0.3 is 15.2 Å². The summed E-state index contributed by atoms with van der Waals surface area (Å²) in [6.07, 6.45) is -4.52. The van der Waals surface area contributed by atoms with E-state index in [1.165, 1.54) is 0 Å². The van der Waals surface area contributed by atoms with Gasteiger partial charge in [0.1, 0.15) is 13.1 Å². The van der Waals surface area contributed by atoms with Gasteiger partial charge in [-0.05, 0) is 24.3 Å². The molecule has 3 rings (SSSR count). The van der Waals surface area contributed by atoms with Crippen LogP contribution in [0.5, 0.6) is 0 Å². The Labute approximate surface area is 156 Å². The highest BCUT2D eigenvalue weighted by Crippen LogP contribution is 2.19. The Kier molecular flexibility index (Phi) is 5.34. The van der Waals surface area contributed by atoms with Gasteiger partial charge in [-0.1, -0.05) is 24.3 Å². The summed E-state index contributed by atoms with van der Waals surface area (Å²) in [5, 5.41) is 4.86. The Morgan fingerprint density at radius 2 is 1.39 bits per heavy atom. The van der Waals surface area contributed by atoms with E-state index in [1.807, 2.05) is 0 Å². The largest absolute Gasteiger partial charge is 0.405 e. The monoisotopic (exact) mass is 391 g/mol. The van der Waals surface area contributed by atoms with Crippen molar-refractivity contribution in [2.45, 2.75) is 12.7 Å². The topological polar surface area (TPSA) is 80.2 Å². The summed E-state index contributed by atoms with van der Waals surface area (Å²) in [6, 6.07) is 13.6. The number of amides is 2. The lowest BCUT2D eigenvalue weighted by Gasteiger charge is -2.15. The zero-order chi connectivity index (χ0) is 20.3. The second-order valence-corrected chi connectivity index (χ2v) is 6.12.